The van der Waals surface area contributed by atoms with Crippen LogP contribution in [0.25, 0.3) is 0 Å². The van der Waals surface area contributed by atoms with E-state index >= 15 is 0 Å². The second kappa shape index (κ2) is 12.8. The molecule has 2 aromatic carbocycles. The molecule has 0 aliphatic carbocycles. The van der Waals surface area contributed by atoms with Crippen LogP contribution in [0.1, 0.15) is 80.4 Å². The molecule has 0 radical (unpaired) electrons. The fourth-order valence-corrected chi connectivity index (χ4v) is 11.0. The summed E-state index contributed by atoms with van der Waals surface area (Å²) in [6.45, 7) is 22.8. The van der Waals surface area contributed by atoms with Crippen molar-refractivity contribution in [2.75, 3.05) is 14.2 Å². The lowest BCUT2D eigenvalue weighted by atomic mass is 9.75. The van der Waals surface area contributed by atoms with Gasteiger partial charge >= 0.3 is 0 Å². The van der Waals surface area contributed by atoms with Gasteiger partial charge in [0.1, 0.15) is 19.6 Å². The van der Waals surface area contributed by atoms with Crippen LogP contribution in [0.5, 0.6) is 11.5 Å². The first-order valence-corrected chi connectivity index (χ1v) is 16.2. The van der Waals surface area contributed by atoms with E-state index in [9.17, 15) is 0 Å². The van der Waals surface area contributed by atoms with Gasteiger partial charge in [-0.25, -0.2) is 0 Å². The van der Waals surface area contributed by atoms with E-state index < -0.39 is 18.9 Å². The molecule has 0 unspecified atom stereocenters. The Labute approximate surface area is 239 Å². The lowest BCUT2D eigenvalue weighted by Gasteiger charge is -2.38. The van der Waals surface area contributed by atoms with Gasteiger partial charge in [0, 0.05) is 10.8 Å². The third-order valence-electron chi connectivity index (χ3n) is 8.54. The van der Waals surface area contributed by atoms with E-state index in [1.54, 1.807) is 14.2 Å². The Morgan fingerprint density at radius 2 is 1.03 bits per heavy atom. The highest BCUT2D eigenvalue weighted by molar-refractivity contribution is 6.90. The lowest BCUT2D eigenvalue weighted by Crippen LogP contribution is -2.43. The van der Waals surface area contributed by atoms with Crippen LogP contribution in [0.3, 0.4) is 0 Å². The molecular weight excluding hydrogens is 492 g/mol. The Bertz CT molecular complexity index is 1260. The maximum atomic E-state index is 6.20. The highest BCUT2D eigenvalue weighted by Gasteiger charge is 2.42. The summed E-state index contributed by atoms with van der Waals surface area (Å²) in [6, 6.07) is 16.3. The van der Waals surface area contributed by atoms with Crippen LogP contribution in [0.2, 0.25) is 16.6 Å². The highest BCUT2D eigenvalue weighted by atomic mass is 28.3. The fourth-order valence-electron chi connectivity index (χ4n) is 5.75. The number of methoxy groups -OCH3 is 2. The number of ether oxygens (including phenoxy) is 2. The molecule has 0 atom stereocenters. The summed E-state index contributed by atoms with van der Waals surface area (Å²) >= 11 is 0. The molecule has 2 nitrogen and oxygen atoms in total. The predicted molar refractivity (Wildman–Crippen MR) is 170 cm³/mol. The summed E-state index contributed by atoms with van der Waals surface area (Å²) < 4.78 is 10.8. The minimum Gasteiger partial charge on any atom is -0.497 e. The summed E-state index contributed by atoms with van der Waals surface area (Å²) in [4.78, 5) is 0. The van der Waals surface area contributed by atoms with Crippen molar-refractivity contribution in [3.05, 3.63) is 76.5 Å². The summed E-state index contributed by atoms with van der Waals surface area (Å²) in [7, 11) is 1.38. The van der Waals surface area contributed by atoms with Gasteiger partial charge in [-0.1, -0.05) is 111 Å². The van der Waals surface area contributed by atoms with Crippen molar-refractivity contribution in [2.24, 2.45) is 0 Å². The maximum absolute atomic E-state index is 6.20. The normalized spacial score (nSPS) is 11.9. The number of hydrogen-bond donors (Lipinski definition) is 0. The summed E-state index contributed by atoms with van der Waals surface area (Å²) in [5.41, 5.74) is 12.3. The average molecular weight is 541 g/mol. The summed E-state index contributed by atoms with van der Waals surface area (Å²) in [6.07, 6.45) is 6.20. The van der Waals surface area contributed by atoms with Gasteiger partial charge in [0.15, 0.2) is 0 Å². The smallest absolute Gasteiger partial charge is 0.146 e. The number of allylic oxidation sites excluding steroid dienone is 1. The Balaban J connectivity index is 2.94. The van der Waals surface area contributed by atoms with Crippen molar-refractivity contribution in [2.45, 2.75) is 96.7 Å². The molecule has 3 heteroatoms. The fraction of sp³-hybridized carbons (Fsp3) is 0.472. The van der Waals surface area contributed by atoms with Crippen molar-refractivity contribution >= 4 is 8.07 Å². The second-order valence-electron chi connectivity index (χ2n) is 12.4. The first kappa shape index (κ1) is 32.1. The van der Waals surface area contributed by atoms with Crippen molar-refractivity contribution in [1.29, 1.82) is 0 Å². The van der Waals surface area contributed by atoms with Crippen LogP contribution < -0.4 is 9.47 Å². The number of rotatable bonds is 9. The van der Waals surface area contributed by atoms with E-state index in [0.29, 0.717) is 16.6 Å². The van der Waals surface area contributed by atoms with E-state index in [2.05, 4.69) is 117 Å². The molecule has 39 heavy (non-hydrogen) atoms. The van der Waals surface area contributed by atoms with Gasteiger partial charge in [-0.05, 0) is 52.0 Å². The molecule has 0 heterocycles. The monoisotopic (exact) mass is 540 g/mol. The molecule has 0 amide bonds. The Kier molecular flexibility index (Phi) is 10.6. The molecule has 2 aromatic rings. The van der Waals surface area contributed by atoms with E-state index in [1.165, 1.54) is 0 Å². The second-order valence-corrected chi connectivity index (χ2v) is 18.0. The van der Waals surface area contributed by atoms with Crippen molar-refractivity contribution < 1.29 is 9.47 Å². The molecule has 0 aliphatic rings. The van der Waals surface area contributed by atoms with Crippen LogP contribution in [-0.4, -0.2) is 22.3 Å². The molecular formula is C36H48O2Si. The summed E-state index contributed by atoms with van der Waals surface area (Å²) in [5.74, 6) is 8.36. The molecule has 0 spiro atoms. The van der Waals surface area contributed by atoms with Gasteiger partial charge < -0.3 is 9.47 Å². The van der Waals surface area contributed by atoms with Crippen molar-refractivity contribution in [1.82, 2.24) is 0 Å². The van der Waals surface area contributed by atoms with Crippen LogP contribution in [-0.2, 0) is 10.8 Å². The van der Waals surface area contributed by atoms with E-state index in [4.69, 9.17) is 15.9 Å². The third-order valence-corrected chi connectivity index (χ3v) is 14.8. The van der Waals surface area contributed by atoms with Crippen LogP contribution in [0.4, 0.5) is 0 Å². The Hall–Kier alpha value is -3.10. The van der Waals surface area contributed by atoms with Crippen LogP contribution in [0.15, 0.2) is 65.4 Å². The summed E-state index contributed by atoms with van der Waals surface area (Å²) in [5, 5.41) is 0. The zero-order valence-corrected chi connectivity index (χ0v) is 27.2. The molecule has 208 valence electrons. The average Bonchev–Trinajstić information content (AvgIpc) is 2.89. The molecule has 0 aromatic heterocycles. The highest BCUT2D eigenvalue weighted by Crippen LogP contribution is 2.42. The van der Waals surface area contributed by atoms with Crippen LogP contribution >= 0.6 is 0 Å². The molecule has 0 bridgehead atoms. The first-order valence-electron chi connectivity index (χ1n) is 14.0. The van der Waals surface area contributed by atoms with Gasteiger partial charge in [0.2, 0.25) is 0 Å². The van der Waals surface area contributed by atoms with E-state index in [-0.39, 0.29) is 0 Å². The lowest BCUT2D eigenvalue weighted by molar-refractivity contribution is 0.414. The quantitative estimate of drug-likeness (QED) is 0.179. The third kappa shape index (κ3) is 6.73. The standard InChI is InChI=1S/C36H48O2Si/c1-14-29(35(8,9)30-15-19-33(37-12)20-16-30)25-32(23-24-39(26(2)3,27(4)5)28(6)7)36(10,11)31-17-21-34(38-13)22-18-31/h1,15-22,26-28H,2-13H3. The Morgan fingerprint density at radius 3 is 1.33 bits per heavy atom. The van der Waals surface area contributed by atoms with Gasteiger partial charge in [-0.3, -0.25) is 0 Å². The van der Waals surface area contributed by atoms with E-state index in [1.807, 2.05) is 24.3 Å². The van der Waals surface area contributed by atoms with Gasteiger partial charge in [0.25, 0.3) is 0 Å². The SMILES string of the molecule is C#CC(=C=C(C#C[Si](C(C)C)(C(C)C)C(C)C)C(C)(C)c1ccc(OC)cc1)C(C)(C)c1ccc(OC)cc1. The number of terminal acetylenes is 1. The first-order chi connectivity index (χ1) is 18.2. The molecule has 0 aliphatic heterocycles. The number of benzene rings is 2. The Morgan fingerprint density at radius 1 is 0.667 bits per heavy atom. The maximum Gasteiger partial charge on any atom is 0.146 e. The molecule has 0 saturated heterocycles. The zero-order chi connectivity index (χ0) is 29.6. The minimum atomic E-state index is -1.98. The molecule has 2 rings (SSSR count). The van der Waals surface area contributed by atoms with Crippen molar-refractivity contribution in [3.8, 4) is 35.3 Å². The minimum absolute atomic E-state index is 0.414. The predicted octanol–water partition coefficient (Wildman–Crippen LogP) is 9.27. The van der Waals surface area contributed by atoms with E-state index in [0.717, 1.165) is 33.8 Å². The molecule has 0 N–H and O–H groups in total. The van der Waals surface area contributed by atoms with Gasteiger partial charge in [-0.2, -0.15) is 0 Å². The molecule has 0 fully saturated rings. The van der Waals surface area contributed by atoms with Crippen molar-refractivity contribution in [3.63, 3.8) is 0 Å². The van der Waals surface area contributed by atoms with Gasteiger partial charge in [0.05, 0.1) is 25.4 Å². The largest absolute Gasteiger partial charge is 0.497 e. The molecule has 0 saturated carbocycles. The van der Waals surface area contributed by atoms with Gasteiger partial charge in [-0.15, -0.1) is 12.0 Å². The number of hydrogen-bond acceptors (Lipinski definition) is 2. The zero-order valence-electron chi connectivity index (χ0n) is 26.2. The topological polar surface area (TPSA) is 18.5 Å². The van der Waals surface area contributed by atoms with Crippen LogP contribution in [0, 0.1) is 23.8 Å².